The van der Waals surface area contributed by atoms with Crippen LogP contribution in [0.2, 0.25) is 0 Å². The number of nitrogens with zero attached hydrogens (tertiary/aromatic N) is 4. The number of hydrogen-bond acceptors (Lipinski definition) is 12. The monoisotopic (exact) mass is 848 g/mol. The molecule has 3 amide bonds. The molecule has 1 saturated carbocycles. The van der Waals surface area contributed by atoms with Crippen LogP contribution in [-0.2, 0) is 30.7 Å². The van der Waals surface area contributed by atoms with Gasteiger partial charge in [-0.1, -0.05) is 13.0 Å². The average Bonchev–Trinajstić information content (AvgIpc) is 4.00. The lowest BCUT2D eigenvalue weighted by molar-refractivity contribution is -0.131. The van der Waals surface area contributed by atoms with Gasteiger partial charge in [0.1, 0.15) is 28.8 Å². The fourth-order valence-corrected chi connectivity index (χ4v) is 8.72. The van der Waals surface area contributed by atoms with Gasteiger partial charge in [-0.2, -0.15) is 4.90 Å². The topological polar surface area (TPSA) is 174 Å². The van der Waals surface area contributed by atoms with Crippen LogP contribution in [0.1, 0.15) is 90.0 Å². The normalized spacial score (nSPS) is 14.3. The molecule has 0 bridgehead atoms. The number of ether oxygens (including phenoxy) is 3. The molecule has 5 rings (SSSR count). The number of rotatable bonds is 13. The van der Waals surface area contributed by atoms with Crippen molar-refractivity contribution in [3.05, 3.63) is 83.3 Å². The number of nitrogens with two attached hydrogens (primary N) is 1. The fraction of sp³-hybridized carbons (Fsp3) is 0.455. The Balaban J connectivity index is 1.61. The highest BCUT2D eigenvalue weighted by molar-refractivity contribution is 7.92. The van der Waals surface area contributed by atoms with E-state index in [1.807, 2.05) is 25.1 Å². The van der Waals surface area contributed by atoms with E-state index in [2.05, 4.69) is 17.2 Å². The molecule has 0 spiro atoms. The minimum Gasteiger partial charge on any atom is -0.496 e. The summed E-state index contributed by atoms with van der Waals surface area (Å²) in [7, 11) is 3.45. The molecule has 0 aliphatic heterocycles. The molecule has 3 aromatic carbocycles. The number of amides is 3. The van der Waals surface area contributed by atoms with Gasteiger partial charge in [0.2, 0.25) is 5.91 Å². The van der Waals surface area contributed by atoms with Gasteiger partial charge in [-0.15, -0.1) is 0 Å². The van der Waals surface area contributed by atoms with E-state index < -0.39 is 56.2 Å². The van der Waals surface area contributed by atoms with Crippen LogP contribution in [0.5, 0.6) is 5.75 Å². The lowest BCUT2D eigenvalue weighted by Gasteiger charge is -2.29. The van der Waals surface area contributed by atoms with Gasteiger partial charge in [-0.05, 0) is 140 Å². The number of methoxy groups -OCH3 is 1. The number of nitrogens with one attached hydrogen (secondary N) is 1. The number of anilines is 3. The minimum absolute atomic E-state index is 0.00978. The van der Waals surface area contributed by atoms with E-state index in [-0.39, 0.29) is 33.9 Å². The first-order chi connectivity index (χ1) is 27.9. The third-order valence-electron chi connectivity index (χ3n) is 9.63. The SMILES string of the molecule is COc1ccc(C(Nc2ccc3c(N(C(=O)OC(C)(C)C)C(=O)OC(C)(C)C)ncc(F)c3c2)C(=O)N(C)Cc2cc(N)ccc2S(=O)(=O)C2CC2)cc1[C@@H](C)CN(C)C. The van der Waals surface area contributed by atoms with Crippen molar-refractivity contribution in [1.29, 1.82) is 0 Å². The predicted octanol–water partition coefficient (Wildman–Crippen LogP) is 8.05. The molecular weight excluding hydrogens is 792 g/mol. The van der Waals surface area contributed by atoms with Crippen molar-refractivity contribution in [3.8, 4) is 5.75 Å². The second-order valence-corrected chi connectivity index (χ2v) is 19.7. The summed E-state index contributed by atoms with van der Waals surface area (Å²) in [6.07, 6.45) is -0.105. The lowest BCUT2D eigenvalue weighted by Crippen LogP contribution is -2.44. The van der Waals surface area contributed by atoms with Gasteiger partial charge >= 0.3 is 12.2 Å². The Bertz CT molecular complexity index is 2340. The van der Waals surface area contributed by atoms with Crippen LogP contribution >= 0.6 is 0 Å². The number of likely N-dealkylation sites (N-methyl/N-ethyl adjacent to an activating group) is 2. The molecule has 2 atom stereocenters. The molecule has 3 N–H and O–H groups in total. The van der Waals surface area contributed by atoms with Crippen molar-refractivity contribution in [2.45, 2.75) is 101 Å². The van der Waals surface area contributed by atoms with Crippen LogP contribution in [0.15, 0.2) is 65.7 Å². The second-order valence-electron chi connectivity index (χ2n) is 17.5. The van der Waals surface area contributed by atoms with Crippen molar-refractivity contribution >= 4 is 55.9 Å². The number of carbonyl (C=O) groups excluding carboxylic acids is 3. The molecule has 1 unspecified atom stereocenters. The summed E-state index contributed by atoms with van der Waals surface area (Å²) in [4.78, 5) is 50.2. The third kappa shape index (κ3) is 10.8. The van der Waals surface area contributed by atoms with E-state index in [1.54, 1.807) is 86.0 Å². The van der Waals surface area contributed by atoms with Gasteiger partial charge in [0.25, 0.3) is 0 Å². The molecule has 1 heterocycles. The molecule has 0 radical (unpaired) electrons. The summed E-state index contributed by atoms with van der Waals surface area (Å²) in [5, 5.41) is 2.89. The van der Waals surface area contributed by atoms with Crippen molar-refractivity contribution in [3.63, 3.8) is 0 Å². The van der Waals surface area contributed by atoms with Crippen LogP contribution < -0.4 is 20.7 Å². The Hall–Kier alpha value is -5.48. The van der Waals surface area contributed by atoms with Crippen molar-refractivity contribution in [2.75, 3.05) is 50.7 Å². The van der Waals surface area contributed by atoms with E-state index >= 15 is 4.39 Å². The van der Waals surface area contributed by atoms with Crippen LogP contribution in [0.25, 0.3) is 10.8 Å². The summed E-state index contributed by atoms with van der Waals surface area (Å²) in [5.74, 6) is -0.789. The number of halogens is 1. The molecule has 0 saturated heterocycles. The smallest absolute Gasteiger partial charge is 0.425 e. The first-order valence-corrected chi connectivity index (χ1v) is 21.3. The summed E-state index contributed by atoms with van der Waals surface area (Å²) in [6, 6.07) is 13.5. The zero-order valence-electron chi connectivity index (χ0n) is 36.3. The lowest BCUT2D eigenvalue weighted by atomic mass is 9.94. The Morgan fingerprint density at radius 1 is 0.917 bits per heavy atom. The maximum absolute atomic E-state index is 15.8. The van der Waals surface area contributed by atoms with Gasteiger partial charge in [0.05, 0.1) is 23.5 Å². The fourth-order valence-electron chi connectivity index (χ4n) is 6.85. The number of aromatic nitrogens is 1. The summed E-state index contributed by atoms with van der Waals surface area (Å²) < 4.78 is 59.5. The maximum Gasteiger partial charge on any atom is 0.425 e. The largest absolute Gasteiger partial charge is 0.496 e. The molecule has 4 aromatic rings. The van der Waals surface area contributed by atoms with E-state index in [4.69, 9.17) is 19.9 Å². The first kappa shape index (κ1) is 45.6. The minimum atomic E-state index is -3.63. The number of sulfone groups is 1. The third-order valence-corrected chi connectivity index (χ3v) is 12.0. The standard InChI is InChI=1S/C44H57FN6O8S/c1-26(24-49(8)9)33-21-27(12-18-36(33)57-11)38(40(52)50(10)25-28-20-29(46)13-19-37(28)60(55,56)31-15-16-31)48-30-14-17-32-34(22-30)35(45)23-47-39(32)51(41(53)58-43(2,3)4)42(54)59-44(5,6)7/h12-14,17-23,26,31,38,48H,15-16,24-25,46H2,1-11H3/t26-,38?/m0/s1. The number of nitrogen functional groups attached to an aromatic ring is 1. The zero-order valence-corrected chi connectivity index (χ0v) is 37.1. The maximum atomic E-state index is 15.8. The van der Waals surface area contributed by atoms with Crippen LogP contribution in [0.4, 0.5) is 31.2 Å². The number of pyridine rings is 1. The number of carbonyl (C=O) groups is 3. The van der Waals surface area contributed by atoms with Gasteiger partial charge in [-0.3, -0.25) is 4.79 Å². The van der Waals surface area contributed by atoms with E-state index in [0.717, 1.165) is 11.8 Å². The summed E-state index contributed by atoms with van der Waals surface area (Å²) >= 11 is 0. The van der Waals surface area contributed by atoms with E-state index in [9.17, 15) is 22.8 Å². The van der Waals surface area contributed by atoms with Gasteiger partial charge in [-0.25, -0.2) is 27.4 Å². The first-order valence-electron chi connectivity index (χ1n) is 19.7. The van der Waals surface area contributed by atoms with E-state index in [0.29, 0.717) is 52.5 Å². The molecule has 1 aromatic heterocycles. The van der Waals surface area contributed by atoms with Crippen LogP contribution in [0.3, 0.4) is 0 Å². The Morgan fingerprint density at radius 2 is 1.55 bits per heavy atom. The summed E-state index contributed by atoms with van der Waals surface area (Å²) in [5.41, 5.74) is 6.61. The number of fused-ring (bicyclic) bond motifs is 1. The second kappa shape index (κ2) is 17.6. The Labute approximate surface area is 352 Å². The van der Waals surface area contributed by atoms with Crippen molar-refractivity contribution in [1.82, 2.24) is 14.8 Å². The number of benzene rings is 3. The molecule has 14 nitrogen and oxygen atoms in total. The number of hydrogen-bond donors (Lipinski definition) is 2. The molecule has 1 aliphatic carbocycles. The molecule has 1 aliphatic rings. The van der Waals surface area contributed by atoms with Gasteiger partial charge < -0.3 is 35.1 Å². The van der Waals surface area contributed by atoms with Crippen LogP contribution in [-0.4, -0.2) is 92.5 Å². The Kier molecular flexibility index (Phi) is 13.4. The zero-order chi connectivity index (χ0) is 44.5. The number of imide groups is 1. The predicted molar refractivity (Wildman–Crippen MR) is 231 cm³/mol. The van der Waals surface area contributed by atoms with Crippen LogP contribution in [0, 0.1) is 5.82 Å². The van der Waals surface area contributed by atoms with E-state index in [1.165, 1.54) is 23.1 Å². The highest BCUT2D eigenvalue weighted by Gasteiger charge is 2.39. The molecular formula is C44H57FN6O8S. The molecule has 324 valence electrons. The summed E-state index contributed by atoms with van der Waals surface area (Å²) in [6.45, 7) is 12.5. The van der Waals surface area contributed by atoms with Crippen molar-refractivity contribution in [2.24, 2.45) is 0 Å². The Morgan fingerprint density at radius 3 is 2.12 bits per heavy atom. The van der Waals surface area contributed by atoms with Gasteiger partial charge in [0.15, 0.2) is 15.7 Å². The molecule has 1 fully saturated rings. The molecule has 60 heavy (non-hydrogen) atoms. The highest BCUT2D eigenvalue weighted by atomic mass is 32.2. The van der Waals surface area contributed by atoms with Crippen molar-refractivity contribution < 1.29 is 41.4 Å². The average molecular weight is 849 g/mol. The quantitative estimate of drug-likeness (QED) is 0.124. The van der Waals surface area contributed by atoms with Gasteiger partial charge in [0, 0.05) is 42.3 Å². The highest BCUT2D eigenvalue weighted by Crippen LogP contribution is 2.38. The molecule has 16 heteroatoms.